The lowest BCUT2D eigenvalue weighted by Crippen LogP contribution is -2.47. The average molecular weight is 342 g/mol. The van der Waals surface area contributed by atoms with Crippen molar-refractivity contribution in [3.8, 4) is 6.07 Å². The topological polar surface area (TPSA) is 43.2 Å². The number of aryl methyl sites for hydroxylation is 1. The zero-order chi connectivity index (χ0) is 17.9. The maximum atomic E-state index is 9.43. The molecule has 4 rings (SSSR count). The summed E-state index contributed by atoms with van der Waals surface area (Å²) >= 11 is 0. The molecule has 0 radical (unpaired) electrons. The molecule has 0 aliphatic carbocycles. The standard InChI is InChI=1S/C22H22N4/c1-17-7-6-8-19(24-17)16-25-13-4-5-14-26(25)22-12-11-18(15-23)20-9-2-3-10-21(20)22/h2-3,6-12H,4-5,13-14,16H2,1H3. The predicted octanol–water partition coefficient (Wildman–Crippen LogP) is 4.43. The van der Waals surface area contributed by atoms with Gasteiger partial charge in [-0.05, 0) is 44.0 Å². The molecule has 1 aliphatic heterocycles. The van der Waals surface area contributed by atoms with Crippen molar-refractivity contribution < 1.29 is 0 Å². The highest BCUT2D eigenvalue weighted by Crippen LogP contribution is 2.32. The highest BCUT2D eigenvalue weighted by Gasteiger charge is 2.23. The van der Waals surface area contributed by atoms with Gasteiger partial charge in [0.25, 0.3) is 0 Å². The predicted molar refractivity (Wildman–Crippen MR) is 105 cm³/mol. The summed E-state index contributed by atoms with van der Waals surface area (Å²) in [6.07, 6.45) is 2.36. The Bertz CT molecular complexity index is 973. The number of hydrazine groups is 1. The third-order valence-corrected chi connectivity index (χ3v) is 4.97. The van der Waals surface area contributed by atoms with Gasteiger partial charge in [0.1, 0.15) is 0 Å². The van der Waals surface area contributed by atoms with E-state index in [9.17, 15) is 5.26 Å². The van der Waals surface area contributed by atoms with E-state index in [1.165, 1.54) is 18.5 Å². The van der Waals surface area contributed by atoms with Gasteiger partial charge in [0, 0.05) is 29.6 Å². The second-order valence-corrected chi connectivity index (χ2v) is 6.78. The minimum Gasteiger partial charge on any atom is -0.305 e. The number of nitriles is 1. The SMILES string of the molecule is Cc1cccc(CN2CCCCN2c2ccc(C#N)c3ccccc23)n1. The maximum absolute atomic E-state index is 9.43. The molecule has 1 saturated heterocycles. The summed E-state index contributed by atoms with van der Waals surface area (Å²) in [6, 6.07) is 20.7. The van der Waals surface area contributed by atoms with Gasteiger partial charge in [0.2, 0.25) is 0 Å². The van der Waals surface area contributed by atoms with E-state index in [0.717, 1.165) is 47.4 Å². The van der Waals surface area contributed by atoms with Gasteiger partial charge < -0.3 is 5.01 Å². The Morgan fingerprint density at radius 1 is 0.962 bits per heavy atom. The van der Waals surface area contributed by atoms with Gasteiger partial charge in [-0.3, -0.25) is 4.98 Å². The quantitative estimate of drug-likeness (QED) is 0.706. The van der Waals surface area contributed by atoms with Crippen LogP contribution in [-0.4, -0.2) is 23.1 Å². The maximum Gasteiger partial charge on any atom is 0.0998 e. The molecule has 0 N–H and O–H groups in total. The van der Waals surface area contributed by atoms with E-state index in [4.69, 9.17) is 0 Å². The molecule has 3 aromatic rings. The summed E-state index contributed by atoms with van der Waals surface area (Å²) in [4.78, 5) is 4.67. The van der Waals surface area contributed by atoms with Crippen molar-refractivity contribution in [3.05, 3.63) is 71.5 Å². The van der Waals surface area contributed by atoms with Crippen LogP contribution in [0.3, 0.4) is 0 Å². The van der Waals surface area contributed by atoms with E-state index in [1.807, 2.05) is 37.3 Å². The van der Waals surface area contributed by atoms with E-state index >= 15 is 0 Å². The molecule has 4 nitrogen and oxygen atoms in total. The molecule has 0 spiro atoms. The normalized spacial score (nSPS) is 15.2. The van der Waals surface area contributed by atoms with E-state index in [2.05, 4.69) is 45.3 Å². The number of rotatable bonds is 3. The molecule has 1 aromatic heterocycles. The Labute approximate surface area is 154 Å². The lowest BCUT2D eigenvalue weighted by Gasteiger charge is -2.40. The molecule has 0 bridgehead atoms. The monoisotopic (exact) mass is 342 g/mol. The van der Waals surface area contributed by atoms with Crippen LogP contribution in [-0.2, 0) is 6.54 Å². The summed E-state index contributed by atoms with van der Waals surface area (Å²) in [6.45, 7) is 4.84. The van der Waals surface area contributed by atoms with Crippen molar-refractivity contribution in [1.82, 2.24) is 9.99 Å². The second kappa shape index (κ2) is 7.15. The molecule has 26 heavy (non-hydrogen) atoms. The van der Waals surface area contributed by atoms with Gasteiger partial charge in [-0.1, -0.05) is 30.3 Å². The lowest BCUT2D eigenvalue weighted by atomic mass is 10.0. The van der Waals surface area contributed by atoms with Crippen LogP contribution < -0.4 is 5.01 Å². The highest BCUT2D eigenvalue weighted by atomic mass is 15.6. The fraction of sp³-hybridized carbons (Fsp3) is 0.273. The number of hydrogen-bond donors (Lipinski definition) is 0. The summed E-state index contributed by atoms with van der Waals surface area (Å²) in [7, 11) is 0. The fourth-order valence-corrected chi connectivity index (χ4v) is 3.74. The van der Waals surface area contributed by atoms with E-state index in [-0.39, 0.29) is 0 Å². The van der Waals surface area contributed by atoms with Crippen LogP contribution in [0.15, 0.2) is 54.6 Å². The molecule has 1 fully saturated rings. The molecule has 130 valence electrons. The zero-order valence-corrected chi connectivity index (χ0v) is 15.0. The molecule has 1 aliphatic rings. The number of nitrogens with zero attached hydrogens (tertiary/aromatic N) is 4. The van der Waals surface area contributed by atoms with Crippen LogP contribution in [0.1, 0.15) is 29.8 Å². The molecule has 2 aromatic carbocycles. The van der Waals surface area contributed by atoms with Crippen molar-refractivity contribution >= 4 is 16.5 Å². The van der Waals surface area contributed by atoms with Gasteiger partial charge in [0.05, 0.1) is 29.6 Å². The van der Waals surface area contributed by atoms with E-state index < -0.39 is 0 Å². The highest BCUT2D eigenvalue weighted by molar-refractivity contribution is 5.97. The van der Waals surface area contributed by atoms with Crippen LogP contribution in [0.25, 0.3) is 10.8 Å². The number of aromatic nitrogens is 1. The smallest absolute Gasteiger partial charge is 0.0998 e. The van der Waals surface area contributed by atoms with Gasteiger partial charge in [-0.25, -0.2) is 5.01 Å². The first-order valence-corrected chi connectivity index (χ1v) is 9.13. The number of pyridine rings is 1. The first kappa shape index (κ1) is 16.6. The first-order chi connectivity index (χ1) is 12.8. The largest absolute Gasteiger partial charge is 0.305 e. The van der Waals surface area contributed by atoms with Crippen LogP contribution in [0.5, 0.6) is 0 Å². The fourth-order valence-electron chi connectivity index (χ4n) is 3.74. The van der Waals surface area contributed by atoms with Crippen LogP contribution in [0.4, 0.5) is 5.69 Å². The summed E-state index contributed by atoms with van der Waals surface area (Å²) in [5, 5.41) is 16.3. The third-order valence-electron chi connectivity index (χ3n) is 4.97. The van der Waals surface area contributed by atoms with E-state index in [0.29, 0.717) is 0 Å². The van der Waals surface area contributed by atoms with Gasteiger partial charge >= 0.3 is 0 Å². The zero-order valence-electron chi connectivity index (χ0n) is 15.0. The van der Waals surface area contributed by atoms with E-state index in [1.54, 1.807) is 0 Å². The van der Waals surface area contributed by atoms with Crippen molar-refractivity contribution in [1.29, 1.82) is 5.26 Å². The Morgan fingerprint density at radius 2 is 1.77 bits per heavy atom. The van der Waals surface area contributed by atoms with Crippen LogP contribution in [0.2, 0.25) is 0 Å². The Balaban J connectivity index is 1.73. The first-order valence-electron chi connectivity index (χ1n) is 9.13. The van der Waals surface area contributed by atoms with Crippen molar-refractivity contribution in [3.63, 3.8) is 0 Å². The summed E-state index contributed by atoms with van der Waals surface area (Å²) in [5.41, 5.74) is 4.05. The number of fused-ring (bicyclic) bond motifs is 1. The molecule has 4 heteroatoms. The van der Waals surface area contributed by atoms with Gasteiger partial charge in [-0.15, -0.1) is 0 Å². The Hall–Kier alpha value is -2.90. The number of benzene rings is 2. The van der Waals surface area contributed by atoms with Crippen LogP contribution in [0, 0.1) is 18.3 Å². The number of hydrogen-bond acceptors (Lipinski definition) is 4. The van der Waals surface area contributed by atoms with Crippen molar-refractivity contribution in [2.75, 3.05) is 18.1 Å². The Morgan fingerprint density at radius 3 is 2.58 bits per heavy atom. The molecule has 0 amide bonds. The minimum absolute atomic E-state index is 0.730. The van der Waals surface area contributed by atoms with Crippen LogP contribution >= 0.6 is 0 Å². The lowest BCUT2D eigenvalue weighted by molar-refractivity contribution is 0.202. The average Bonchev–Trinajstić information content (AvgIpc) is 2.68. The summed E-state index contributed by atoms with van der Waals surface area (Å²) in [5.74, 6) is 0. The molecular weight excluding hydrogens is 320 g/mol. The molecule has 0 unspecified atom stereocenters. The van der Waals surface area contributed by atoms with Crippen molar-refractivity contribution in [2.24, 2.45) is 0 Å². The number of anilines is 1. The Kier molecular flexibility index (Phi) is 4.55. The molecule has 0 saturated carbocycles. The van der Waals surface area contributed by atoms with Gasteiger partial charge in [0.15, 0.2) is 0 Å². The minimum atomic E-state index is 0.730. The second-order valence-electron chi connectivity index (χ2n) is 6.78. The van der Waals surface area contributed by atoms with Gasteiger partial charge in [-0.2, -0.15) is 5.26 Å². The molecule has 2 heterocycles. The molecular formula is C22H22N4. The third kappa shape index (κ3) is 3.14. The molecule has 0 atom stereocenters. The van der Waals surface area contributed by atoms with Crippen molar-refractivity contribution in [2.45, 2.75) is 26.3 Å². The summed E-state index contributed by atoms with van der Waals surface area (Å²) < 4.78 is 0.